The number of aliphatic hydroxyl groups is 1. The number of esters is 2. The van der Waals surface area contributed by atoms with Gasteiger partial charge in [-0.3, -0.25) is 19.7 Å². The highest BCUT2D eigenvalue weighted by molar-refractivity contribution is 5.92. The Balaban J connectivity index is 2.29. The topological polar surface area (TPSA) is 102 Å². The third-order valence-electron chi connectivity index (χ3n) is 5.32. The fraction of sp³-hybridized carbons (Fsp3) is 0.364. The SMILES string of the molecule is COC(=O)C1=C(O)[C@H](C(=O)OC)[C@@H](c2cc(C)ccn2)N(C)[C@@H]1c1cc(C)ccn1. The predicted octanol–water partition coefficient (Wildman–Crippen LogP) is 2.60. The number of carbonyl (C=O) groups excluding carboxylic acids is 2. The summed E-state index contributed by atoms with van der Waals surface area (Å²) in [6.45, 7) is 3.82. The van der Waals surface area contributed by atoms with Gasteiger partial charge in [0.25, 0.3) is 0 Å². The van der Waals surface area contributed by atoms with Gasteiger partial charge in [-0.25, -0.2) is 4.79 Å². The molecule has 1 aliphatic rings. The van der Waals surface area contributed by atoms with E-state index in [-0.39, 0.29) is 5.57 Å². The van der Waals surface area contributed by atoms with Gasteiger partial charge in [-0.1, -0.05) is 0 Å². The van der Waals surface area contributed by atoms with Crippen molar-refractivity contribution in [2.45, 2.75) is 25.9 Å². The molecule has 3 atom stereocenters. The molecule has 30 heavy (non-hydrogen) atoms. The van der Waals surface area contributed by atoms with Crippen molar-refractivity contribution in [1.29, 1.82) is 0 Å². The Bertz CT molecular complexity index is 1000. The van der Waals surface area contributed by atoms with Gasteiger partial charge in [-0.15, -0.1) is 0 Å². The average molecular weight is 411 g/mol. The molecule has 0 amide bonds. The largest absolute Gasteiger partial charge is 0.511 e. The zero-order valence-electron chi connectivity index (χ0n) is 17.6. The molecule has 0 aromatic carbocycles. The number of likely N-dealkylation sites (N-methyl/N-ethyl adjacent to an activating group) is 1. The van der Waals surface area contributed by atoms with Gasteiger partial charge in [0.15, 0.2) is 0 Å². The van der Waals surface area contributed by atoms with Crippen molar-refractivity contribution in [3.8, 4) is 0 Å². The molecule has 0 aliphatic carbocycles. The number of rotatable bonds is 4. The second kappa shape index (κ2) is 8.62. The van der Waals surface area contributed by atoms with E-state index in [4.69, 9.17) is 9.47 Å². The van der Waals surface area contributed by atoms with Crippen LogP contribution in [0.1, 0.15) is 34.6 Å². The summed E-state index contributed by atoms with van der Waals surface area (Å²) < 4.78 is 9.89. The van der Waals surface area contributed by atoms with Crippen molar-refractivity contribution >= 4 is 11.9 Å². The van der Waals surface area contributed by atoms with E-state index >= 15 is 0 Å². The molecule has 0 bridgehead atoms. The zero-order valence-corrected chi connectivity index (χ0v) is 17.6. The summed E-state index contributed by atoms with van der Waals surface area (Å²) in [5, 5.41) is 11.1. The maximum Gasteiger partial charge on any atom is 0.339 e. The first kappa shape index (κ1) is 21.4. The molecule has 3 heterocycles. The number of aryl methyl sites for hydroxylation is 2. The van der Waals surface area contributed by atoms with E-state index in [0.717, 1.165) is 11.1 Å². The van der Waals surface area contributed by atoms with Crippen LogP contribution in [0.5, 0.6) is 0 Å². The summed E-state index contributed by atoms with van der Waals surface area (Å²) in [6.07, 6.45) is 3.28. The lowest BCUT2D eigenvalue weighted by atomic mass is 9.81. The predicted molar refractivity (Wildman–Crippen MR) is 108 cm³/mol. The number of hydrogen-bond acceptors (Lipinski definition) is 8. The van der Waals surface area contributed by atoms with Crippen LogP contribution in [0.2, 0.25) is 0 Å². The normalized spacial score (nSPS) is 22.0. The van der Waals surface area contributed by atoms with E-state index < -0.39 is 35.7 Å². The number of aliphatic hydroxyl groups excluding tert-OH is 1. The quantitative estimate of drug-likeness (QED) is 0.766. The molecule has 0 unspecified atom stereocenters. The fourth-order valence-corrected chi connectivity index (χ4v) is 3.92. The van der Waals surface area contributed by atoms with Crippen molar-refractivity contribution in [3.63, 3.8) is 0 Å². The lowest BCUT2D eigenvalue weighted by Gasteiger charge is -2.42. The van der Waals surface area contributed by atoms with Crippen LogP contribution in [0.15, 0.2) is 48.0 Å². The Morgan fingerprint density at radius 2 is 1.57 bits per heavy atom. The summed E-state index contributed by atoms with van der Waals surface area (Å²) in [6, 6.07) is 5.92. The van der Waals surface area contributed by atoms with E-state index in [0.29, 0.717) is 11.4 Å². The molecule has 0 saturated heterocycles. The molecule has 0 saturated carbocycles. The molecule has 2 aromatic rings. The third-order valence-corrected chi connectivity index (χ3v) is 5.32. The molecular formula is C22H25N3O5. The van der Waals surface area contributed by atoms with E-state index in [2.05, 4.69) is 9.97 Å². The Kier molecular flexibility index (Phi) is 6.17. The Labute approximate surface area is 175 Å². The molecular weight excluding hydrogens is 386 g/mol. The van der Waals surface area contributed by atoms with Gasteiger partial charge in [-0.05, 0) is 56.3 Å². The Morgan fingerprint density at radius 1 is 1.00 bits per heavy atom. The van der Waals surface area contributed by atoms with E-state index in [1.807, 2.05) is 38.1 Å². The summed E-state index contributed by atoms with van der Waals surface area (Å²) in [7, 11) is 4.22. The molecule has 0 fully saturated rings. The standard InChI is InChI=1S/C22H25N3O5/c1-12-6-8-23-14(10-12)18-16(21(27)29-4)20(26)17(22(28)30-5)19(25(18)3)15-11-13(2)7-9-24-15/h6-11,16,18-19,26H,1-5H3/t16-,18-,19-/m1/s1. The minimum atomic E-state index is -1.15. The smallest absolute Gasteiger partial charge is 0.339 e. The highest BCUT2D eigenvalue weighted by Gasteiger charge is 2.49. The molecule has 1 aliphatic heterocycles. The molecule has 158 valence electrons. The van der Waals surface area contributed by atoms with Crippen molar-refractivity contribution in [1.82, 2.24) is 14.9 Å². The highest BCUT2D eigenvalue weighted by Crippen LogP contribution is 2.46. The minimum absolute atomic E-state index is 0.0441. The first-order valence-electron chi connectivity index (χ1n) is 9.46. The van der Waals surface area contributed by atoms with Crippen molar-refractivity contribution in [3.05, 3.63) is 70.5 Å². The summed E-state index contributed by atoms with van der Waals surface area (Å²) in [4.78, 5) is 36.0. The zero-order chi connectivity index (χ0) is 22.0. The van der Waals surface area contributed by atoms with E-state index in [9.17, 15) is 14.7 Å². The van der Waals surface area contributed by atoms with Gasteiger partial charge in [0.2, 0.25) is 0 Å². The number of methoxy groups -OCH3 is 2. The van der Waals surface area contributed by atoms with Gasteiger partial charge in [0.05, 0.1) is 43.3 Å². The number of hydrogen-bond donors (Lipinski definition) is 1. The summed E-state index contributed by atoms with van der Waals surface area (Å²) in [5.41, 5.74) is 2.96. The number of aromatic nitrogens is 2. The van der Waals surface area contributed by atoms with E-state index in [1.165, 1.54) is 14.2 Å². The molecule has 0 spiro atoms. The van der Waals surface area contributed by atoms with Crippen molar-refractivity contribution < 1.29 is 24.2 Å². The van der Waals surface area contributed by atoms with Crippen LogP contribution in [0.4, 0.5) is 0 Å². The second-order valence-corrected chi connectivity index (χ2v) is 7.32. The van der Waals surface area contributed by atoms with Gasteiger partial charge < -0.3 is 14.6 Å². The number of nitrogens with zero attached hydrogens (tertiary/aromatic N) is 3. The fourth-order valence-electron chi connectivity index (χ4n) is 3.92. The first-order valence-corrected chi connectivity index (χ1v) is 9.46. The monoisotopic (exact) mass is 411 g/mol. The Hall–Kier alpha value is -3.26. The van der Waals surface area contributed by atoms with Crippen LogP contribution >= 0.6 is 0 Å². The number of carbonyl (C=O) groups is 2. The van der Waals surface area contributed by atoms with Crippen LogP contribution in [0, 0.1) is 19.8 Å². The molecule has 8 heteroatoms. The van der Waals surface area contributed by atoms with Gasteiger partial charge in [-0.2, -0.15) is 0 Å². The van der Waals surface area contributed by atoms with Gasteiger partial charge >= 0.3 is 11.9 Å². The van der Waals surface area contributed by atoms with E-state index in [1.54, 1.807) is 24.3 Å². The maximum atomic E-state index is 12.7. The van der Waals surface area contributed by atoms with Gasteiger partial charge in [0.1, 0.15) is 11.7 Å². The molecule has 1 N–H and O–H groups in total. The Morgan fingerprint density at radius 3 is 2.10 bits per heavy atom. The minimum Gasteiger partial charge on any atom is -0.511 e. The summed E-state index contributed by atoms with van der Waals surface area (Å²) >= 11 is 0. The third kappa shape index (κ3) is 3.78. The van der Waals surface area contributed by atoms with Crippen LogP contribution < -0.4 is 0 Å². The van der Waals surface area contributed by atoms with Gasteiger partial charge in [0, 0.05) is 12.4 Å². The molecule has 2 aromatic heterocycles. The molecule has 0 radical (unpaired) electrons. The number of pyridine rings is 2. The number of ether oxygens (including phenoxy) is 2. The average Bonchev–Trinajstić information content (AvgIpc) is 2.73. The summed E-state index contributed by atoms with van der Waals surface area (Å²) in [5.74, 6) is -2.96. The van der Waals surface area contributed by atoms with Crippen LogP contribution in [0.25, 0.3) is 0 Å². The molecule has 8 nitrogen and oxygen atoms in total. The molecule has 3 rings (SSSR count). The van der Waals surface area contributed by atoms with Crippen LogP contribution in [-0.4, -0.2) is 53.2 Å². The second-order valence-electron chi connectivity index (χ2n) is 7.32. The lowest BCUT2D eigenvalue weighted by molar-refractivity contribution is -0.149. The van der Waals surface area contributed by atoms with Crippen LogP contribution in [-0.2, 0) is 19.1 Å². The lowest BCUT2D eigenvalue weighted by Crippen LogP contribution is -2.46. The van der Waals surface area contributed by atoms with Crippen molar-refractivity contribution in [2.75, 3.05) is 21.3 Å². The maximum absolute atomic E-state index is 12.7. The van der Waals surface area contributed by atoms with Crippen LogP contribution in [0.3, 0.4) is 0 Å². The highest BCUT2D eigenvalue weighted by atomic mass is 16.5. The van der Waals surface area contributed by atoms with Crippen molar-refractivity contribution in [2.24, 2.45) is 5.92 Å². The first-order chi connectivity index (χ1) is 14.3.